The quantitative estimate of drug-likeness (QED) is 0.627. The number of hydrogen-bond acceptors (Lipinski definition) is 5. The Balaban J connectivity index is 1.79. The average Bonchev–Trinajstić information content (AvgIpc) is 3.22. The van der Waals surface area contributed by atoms with Crippen LogP contribution >= 0.6 is 0 Å². The van der Waals surface area contributed by atoms with Crippen LogP contribution in [-0.2, 0) is 0 Å². The molecule has 0 saturated heterocycles. The van der Waals surface area contributed by atoms with Gasteiger partial charge in [-0.15, -0.1) is 0 Å². The van der Waals surface area contributed by atoms with Crippen molar-refractivity contribution in [1.82, 2.24) is 4.98 Å². The molecule has 2 aliphatic rings. The van der Waals surface area contributed by atoms with Crippen molar-refractivity contribution in [2.24, 2.45) is 11.8 Å². The summed E-state index contributed by atoms with van der Waals surface area (Å²) in [6.45, 7) is 2.00. The maximum atomic E-state index is 10.8. The molecule has 1 aromatic heterocycles. The largest absolute Gasteiger partial charge is 0.378 e. The van der Waals surface area contributed by atoms with Crippen molar-refractivity contribution in [1.29, 1.82) is 0 Å². The van der Waals surface area contributed by atoms with Crippen molar-refractivity contribution in [2.75, 3.05) is 23.7 Å². The minimum absolute atomic E-state index is 0.0130. The SMILES string of the molecule is Nc1nc(N(CC2CC2)CC2CC2)ccc1[N+](=O)[O-]. The second-order valence-corrected chi connectivity index (χ2v) is 5.62. The molecule has 6 heteroatoms. The van der Waals surface area contributed by atoms with Gasteiger partial charge in [-0.05, 0) is 43.6 Å². The lowest BCUT2D eigenvalue weighted by Gasteiger charge is -2.23. The van der Waals surface area contributed by atoms with E-state index in [1.807, 2.05) is 0 Å². The van der Waals surface area contributed by atoms with Gasteiger partial charge in [0.05, 0.1) is 4.92 Å². The monoisotopic (exact) mass is 262 g/mol. The van der Waals surface area contributed by atoms with Crippen molar-refractivity contribution in [3.05, 3.63) is 22.2 Å². The lowest BCUT2D eigenvalue weighted by Crippen LogP contribution is -2.29. The number of nitrogen functional groups attached to an aromatic ring is 1. The van der Waals surface area contributed by atoms with E-state index < -0.39 is 4.92 Å². The molecule has 102 valence electrons. The topological polar surface area (TPSA) is 85.3 Å². The Hall–Kier alpha value is -1.85. The normalized spacial score (nSPS) is 18.3. The molecular formula is C13H18N4O2. The molecule has 0 unspecified atom stereocenters. The number of aromatic nitrogens is 1. The van der Waals surface area contributed by atoms with Gasteiger partial charge in [-0.25, -0.2) is 4.98 Å². The van der Waals surface area contributed by atoms with Crippen LogP contribution in [0, 0.1) is 22.0 Å². The zero-order chi connectivity index (χ0) is 13.4. The highest BCUT2D eigenvalue weighted by Crippen LogP contribution is 2.36. The summed E-state index contributed by atoms with van der Waals surface area (Å²) in [6.07, 6.45) is 5.13. The lowest BCUT2D eigenvalue weighted by molar-refractivity contribution is -0.384. The van der Waals surface area contributed by atoms with Gasteiger partial charge in [-0.2, -0.15) is 0 Å². The predicted octanol–water partition coefficient (Wildman–Crippen LogP) is 2.20. The van der Waals surface area contributed by atoms with Crippen molar-refractivity contribution < 1.29 is 4.92 Å². The number of nitrogens with zero attached hydrogens (tertiary/aromatic N) is 3. The number of anilines is 2. The summed E-state index contributed by atoms with van der Waals surface area (Å²) in [5.41, 5.74) is 5.56. The van der Waals surface area contributed by atoms with E-state index in [9.17, 15) is 10.1 Å². The van der Waals surface area contributed by atoms with Crippen molar-refractivity contribution in [3.8, 4) is 0 Å². The van der Waals surface area contributed by atoms with Gasteiger partial charge in [0, 0.05) is 19.2 Å². The lowest BCUT2D eigenvalue weighted by atomic mass is 10.3. The summed E-state index contributed by atoms with van der Waals surface area (Å²) >= 11 is 0. The van der Waals surface area contributed by atoms with Crippen LogP contribution in [0.3, 0.4) is 0 Å². The Labute approximate surface area is 111 Å². The van der Waals surface area contributed by atoms with Crippen molar-refractivity contribution in [2.45, 2.75) is 25.7 Å². The molecule has 1 heterocycles. The number of pyridine rings is 1. The molecule has 2 fully saturated rings. The van der Waals surface area contributed by atoms with E-state index in [0.717, 1.165) is 30.7 Å². The van der Waals surface area contributed by atoms with Gasteiger partial charge >= 0.3 is 5.69 Å². The van der Waals surface area contributed by atoms with Gasteiger partial charge < -0.3 is 10.6 Å². The second kappa shape index (κ2) is 4.68. The molecule has 0 aromatic carbocycles. The molecule has 2 N–H and O–H groups in total. The number of nitrogens with two attached hydrogens (primary N) is 1. The first-order valence-corrected chi connectivity index (χ1v) is 6.79. The molecule has 6 nitrogen and oxygen atoms in total. The molecule has 0 atom stereocenters. The first-order valence-electron chi connectivity index (χ1n) is 6.79. The van der Waals surface area contributed by atoms with Crippen LogP contribution in [0.5, 0.6) is 0 Å². The van der Waals surface area contributed by atoms with Gasteiger partial charge in [0.15, 0.2) is 0 Å². The van der Waals surface area contributed by atoms with E-state index in [2.05, 4.69) is 9.88 Å². The Bertz CT molecular complexity index is 483. The van der Waals surface area contributed by atoms with Crippen LogP contribution in [0.25, 0.3) is 0 Å². The molecule has 0 bridgehead atoms. The molecule has 3 rings (SSSR count). The zero-order valence-electron chi connectivity index (χ0n) is 10.8. The zero-order valence-corrected chi connectivity index (χ0v) is 10.8. The third kappa shape index (κ3) is 2.94. The predicted molar refractivity (Wildman–Crippen MR) is 73.0 cm³/mol. The molecule has 2 saturated carbocycles. The summed E-state index contributed by atoms with van der Waals surface area (Å²) in [5.74, 6) is 2.31. The maximum Gasteiger partial charge on any atom is 0.311 e. The van der Waals surface area contributed by atoms with Crippen LogP contribution < -0.4 is 10.6 Å². The molecular weight excluding hydrogens is 244 g/mol. The molecule has 0 aliphatic heterocycles. The van der Waals surface area contributed by atoms with Crippen LogP contribution in [0.1, 0.15) is 25.7 Å². The van der Waals surface area contributed by atoms with Crippen LogP contribution in [0.15, 0.2) is 12.1 Å². The number of hydrogen-bond donors (Lipinski definition) is 1. The van der Waals surface area contributed by atoms with E-state index in [0.29, 0.717) is 0 Å². The van der Waals surface area contributed by atoms with Crippen molar-refractivity contribution >= 4 is 17.3 Å². The fourth-order valence-corrected chi connectivity index (χ4v) is 2.27. The highest BCUT2D eigenvalue weighted by Gasteiger charge is 2.30. The summed E-state index contributed by atoms with van der Waals surface area (Å²) < 4.78 is 0. The average molecular weight is 262 g/mol. The highest BCUT2D eigenvalue weighted by atomic mass is 16.6. The van der Waals surface area contributed by atoms with E-state index >= 15 is 0 Å². The van der Waals surface area contributed by atoms with Gasteiger partial charge in [-0.1, -0.05) is 0 Å². The van der Waals surface area contributed by atoms with Crippen molar-refractivity contribution in [3.63, 3.8) is 0 Å². The fourth-order valence-electron chi connectivity index (χ4n) is 2.27. The Kier molecular flexibility index (Phi) is 3.00. The third-order valence-electron chi connectivity index (χ3n) is 3.76. The number of nitro groups is 1. The van der Waals surface area contributed by atoms with Crippen LogP contribution in [-0.4, -0.2) is 23.0 Å². The van der Waals surface area contributed by atoms with Gasteiger partial charge in [0.2, 0.25) is 5.82 Å². The van der Waals surface area contributed by atoms with Gasteiger partial charge in [0.1, 0.15) is 5.82 Å². The Morgan fingerprint density at radius 2 is 1.84 bits per heavy atom. The maximum absolute atomic E-state index is 10.8. The van der Waals surface area contributed by atoms with Crippen LogP contribution in [0.2, 0.25) is 0 Å². The van der Waals surface area contributed by atoms with Gasteiger partial charge in [0.25, 0.3) is 0 Å². The van der Waals surface area contributed by atoms with E-state index in [1.54, 1.807) is 6.07 Å². The smallest absolute Gasteiger partial charge is 0.311 e. The molecule has 1 aromatic rings. The molecule has 0 radical (unpaired) electrons. The minimum atomic E-state index is -0.488. The first-order chi connectivity index (χ1) is 9.13. The minimum Gasteiger partial charge on any atom is -0.378 e. The Morgan fingerprint density at radius 3 is 2.26 bits per heavy atom. The summed E-state index contributed by atoms with van der Waals surface area (Å²) in [4.78, 5) is 16.7. The second-order valence-electron chi connectivity index (χ2n) is 5.62. The van der Waals surface area contributed by atoms with Crippen LogP contribution in [0.4, 0.5) is 17.3 Å². The van der Waals surface area contributed by atoms with E-state index in [1.165, 1.54) is 31.7 Å². The van der Waals surface area contributed by atoms with E-state index in [-0.39, 0.29) is 11.5 Å². The summed E-state index contributed by atoms with van der Waals surface area (Å²) in [6, 6.07) is 3.18. The molecule has 0 spiro atoms. The standard InChI is InChI=1S/C13H18N4O2/c14-13-11(17(18)19)5-6-12(15-13)16(7-9-1-2-9)8-10-3-4-10/h5-6,9-10H,1-4,7-8H2,(H2,14,15). The summed E-state index contributed by atoms with van der Waals surface area (Å²) in [5, 5.41) is 10.8. The van der Waals surface area contributed by atoms with E-state index in [4.69, 9.17) is 5.73 Å². The third-order valence-corrected chi connectivity index (χ3v) is 3.76. The Morgan fingerprint density at radius 1 is 1.26 bits per heavy atom. The number of rotatable bonds is 6. The van der Waals surface area contributed by atoms with Gasteiger partial charge in [-0.3, -0.25) is 10.1 Å². The molecule has 0 amide bonds. The first kappa shape index (κ1) is 12.2. The highest BCUT2D eigenvalue weighted by molar-refractivity contribution is 5.58. The molecule has 19 heavy (non-hydrogen) atoms. The summed E-state index contributed by atoms with van der Waals surface area (Å²) in [7, 11) is 0. The fraction of sp³-hybridized carbons (Fsp3) is 0.615. The molecule has 2 aliphatic carbocycles.